The Hall–Kier alpha value is -2.66. The van der Waals surface area contributed by atoms with Gasteiger partial charge in [-0.1, -0.05) is 76.6 Å². The highest BCUT2D eigenvalue weighted by molar-refractivity contribution is 9.10. The lowest BCUT2D eigenvalue weighted by molar-refractivity contribution is -0.131. The molecule has 1 unspecified atom stereocenters. The Bertz CT molecular complexity index is 1030. The number of carbonyl (C=O) groups excluding carboxylic acids is 2. The Labute approximate surface area is 159 Å². The summed E-state index contributed by atoms with van der Waals surface area (Å²) in [7, 11) is 0. The number of fused-ring (bicyclic) bond motifs is 1. The Balaban J connectivity index is 1.75. The van der Waals surface area contributed by atoms with Crippen LogP contribution in [0.2, 0.25) is 0 Å². The minimum absolute atomic E-state index is 0.229. The largest absolute Gasteiger partial charge is 0.325 e. The molecule has 0 aliphatic carbocycles. The number of rotatable bonds is 3. The van der Waals surface area contributed by atoms with Gasteiger partial charge in [-0.3, -0.25) is 9.69 Å². The van der Waals surface area contributed by atoms with E-state index in [0.717, 1.165) is 26.4 Å². The van der Waals surface area contributed by atoms with E-state index in [1.54, 1.807) is 6.92 Å². The molecule has 1 N–H and O–H groups in total. The molecular formula is C21H17BrN2O2. The van der Waals surface area contributed by atoms with Crippen LogP contribution < -0.4 is 5.32 Å². The predicted octanol–water partition coefficient (Wildman–Crippen LogP) is 4.57. The van der Waals surface area contributed by atoms with Crippen molar-refractivity contribution < 1.29 is 9.59 Å². The molecule has 1 aliphatic rings. The fourth-order valence-electron chi connectivity index (χ4n) is 3.48. The lowest BCUT2D eigenvalue weighted by Gasteiger charge is -2.24. The van der Waals surface area contributed by atoms with Gasteiger partial charge in [0.05, 0.1) is 6.54 Å². The van der Waals surface area contributed by atoms with Crippen molar-refractivity contribution >= 4 is 38.6 Å². The van der Waals surface area contributed by atoms with Gasteiger partial charge < -0.3 is 5.32 Å². The molecule has 3 amide bonds. The lowest BCUT2D eigenvalue weighted by atomic mass is 9.88. The number of hydrogen-bond acceptors (Lipinski definition) is 2. The van der Waals surface area contributed by atoms with Crippen LogP contribution >= 0.6 is 15.9 Å². The summed E-state index contributed by atoms with van der Waals surface area (Å²) < 4.78 is 0.874. The monoisotopic (exact) mass is 408 g/mol. The average Bonchev–Trinajstić information content (AvgIpc) is 2.87. The second kappa shape index (κ2) is 6.25. The van der Waals surface area contributed by atoms with E-state index in [4.69, 9.17) is 0 Å². The molecule has 26 heavy (non-hydrogen) atoms. The third-order valence-corrected chi connectivity index (χ3v) is 5.66. The predicted molar refractivity (Wildman–Crippen MR) is 105 cm³/mol. The maximum Gasteiger partial charge on any atom is 0.325 e. The first-order valence-electron chi connectivity index (χ1n) is 8.36. The van der Waals surface area contributed by atoms with Crippen molar-refractivity contribution in [1.29, 1.82) is 0 Å². The number of amides is 3. The molecule has 5 heteroatoms. The van der Waals surface area contributed by atoms with Gasteiger partial charge in [0.25, 0.3) is 5.91 Å². The third-order valence-electron chi connectivity index (χ3n) is 4.89. The van der Waals surface area contributed by atoms with Gasteiger partial charge >= 0.3 is 6.03 Å². The van der Waals surface area contributed by atoms with Crippen molar-refractivity contribution in [2.75, 3.05) is 0 Å². The summed E-state index contributed by atoms with van der Waals surface area (Å²) in [5.74, 6) is -0.241. The molecule has 1 fully saturated rings. The maximum absolute atomic E-state index is 13.2. The van der Waals surface area contributed by atoms with Gasteiger partial charge in [0.1, 0.15) is 5.54 Å². The van der Waals surface area contributed by atoms with E-state index in [1.807, 2.05) is 66.7 Å². The van der Waals surface area contributed by atoms with Crippen molar-refractivity contribution in [1.82, 2.24) is 10.2 Å². The smallest absolute Gasteiger partial charge is 0.319 e. The van der Waals surface area contributed by atoms with Gasteiger partial charge in [0.2, 0.25) is 0 Å². The highest BCUT2D eigenvalue weighted by Crippen LogP contribution is 2.34. The second-order valence-electron chi connectivity index (χ2n) is 6.56. The first-order valence-corrected chi connectivity index (χ1v) is 9.16. The van der Waals surface area contributed by atoms with Crippen molar-refractivity contribution in [3.05, 3.63) is 82.3 Å². The number of carbonyl (C=O) groups is 2. The topological polar surface area (TPSA) is 49.4 Å². The Morgan fingerprint density at radius 3 is 2.46 bits per heavy atom. The van der Waals surface area contributed by atoms with Crippen LogP contribution in [-0.4, -0.2) is 16.8 Å². The lowest BCUT2D eigenvalue weighted by Crippen LogP contribution is -2.41. The zero-order chi connectivity index (χ0) is 18.3. The van der Waals surface area contributed by atoms with Crippen LogP contribution in [0.25, 0.3) is 10.8 Å². The van der Waals surface area contributed by atoms with E-state index in [1.165, 1.54) is 4.90 Å². The summed E-state index contributed by atoms with van der Waals surface area (Å²) in [5.41, 5.74) is 0.612. The highest BCUT2D eigenvalue weighted by Gasteiger charge is 2.49. The number of benzene rings is 3. The van der Waals surface area contributed by atoms with E-state index in [0.29, 0.717) is 0 Å². The fraction of sp³-hybridized carbons (Fsp3) is 0.143. The zero-order valence-corrected chi connectivity index (χ0v) is 15.8. The molecule has 1 aliphatic heterocycles. The van der Waals surface area contributed by atoms with Crippen molar-refractivity contribution in [2.24, 2.45) is 0 Å². The summed E-state index contributed by atoms with van der Waals surface area (Å²) in [5, 5.41) is 4.91. The van der Waals surface area contributed by atoms with Crippen LogP contribution in [0.1, 0.15) is 18.1 Å². The van der Waals surface area contributed by atoms with Gasteiger partial charge in [0, 0.05) is 4.47 Å². The Kier molecular flexibility index (Phi) is 4.04. The number of nitrogens with zero attached hydrogens (tertiary/aromatic N) is 1. The quantitative estimate of drug-likeness (QED) is 0.645. The second-order valence-corrected chi connectivity index (χ2v) is 7.42. The van der Waals surface area contributed by atoms with Gasteiger partial charge in [-0.2, -0.15) is 0 Å². The Morgan fingerprint density at radius 1 is 0.962 bits per heavy atom. The first kappa shape index (κ1) is 16.8. The van der Waals surface area contributed by atoms with Crippen molar-refractivity contribution in [2.45, 2.75) is 19.0 Å². The third kappa shape index (κ3) is 2.59. The van der Waals surface area contributed by atoms with Crippen molar-refractivity contribution in [3.8, 4) is 0 Å². The molecule has 0 aromatic heterocycles. The summed E-state index contributed by atoms with van der Waals surface area (Å²) >= 11 is 3.48. The number of nitrogens with one attached hydrogen (secondary N) is 1. The van der Waals surface area contributed by atoms with E-state index in [-0.39, 0.29) is 18.5 Å². The van der Waals surface area contributed by atoms with E-state index < -0.39 is 5.54 Å². The molecule has 1 saturated heterocycles. The van der Waals surface area contributed by atoms with Crippen LogP contribution in [0, 0.1) is 0 Å². The highest BCUT2D eigenvalue weighted by atomic mass is 79.9. The number of hydrogen-bond donors (Lipinski definition) is 1. The van der Waals surface area contributed by atoms with Crippen LogP contribution in [0.3, 0.4) is 0 Å². The summed E-state index contributed by atoms with van der Waals surface area (Å²) in [4.78, 5) is 27.1. The van der Waals surface area contributed by atoms with E-state index >= 15 is 0 Å². The SMILES string of the molecule is CC1(c2cccc3ccccc23)NC(=O)N(Cc2ccccc2Br)C1=O. The zero-order valence-electron chi connectivity index (χ0n) is 14.2. The molecule has 1 atom stereocenters. The molecule has 0 saturated carbocycles. The summed E-state index contributed by atoms with van der Waals surface area (Å²) in [6.07, 6.45) is 0. The van der Waals surface area contributed by atoms with Crippen molar-refractivity contribution in [3.63, 3.8) is 0 Å². The van der Waals surface area contributed by atoms with Gasteiger partial charge in [-0.15, -0.1) is 0 Å². The molecular weight excluding hydrogens is 392 g/mol. The number of urea groups is 1. The number of halogens is 1. The molecule has 3 aromatic carbocycles. The summed E-state index contributed by atoms with van der Waals surface area (Å²) in [6, 6.07) is 20.9. The molecule has 130 valence electrons. The van der Waals surface area contributed by atoms with Gasteiger partial charge in [0.15, 0.2) is 0 Å². The van der Waals surface area contributed by atoms with Crippen LogP contribution in [0.15, 0.2) is 71.2 Å². The van der Waals surface area contributed by atoms with Crippen LogP contribution in [0.4, 0.5) is 4.79 Å². The molecule has 3 aromatic rings. The van der Waals surface area contributed by atoms with Crippen LogP contribution in [-0.2, 0) is 16.9 Å². The van der Waals surface area contributed by atoms with E-state index in [9.17, 15) is 9.59 Å². The van der Waals surface area contributed by atoms with E-state index in [2.05, 4.69) is 21.2 Å². The fourth-order valence-corrected chi connectivity index (χ4v) is 3.89. The number of imide groups is 1. The molecule has 0 radical (unpaired) electrons. The molecule has 4 rings (SSSR count). The van der Waals surface area contributed by atoms with Gasteiger partial charge in [-0.25, -0.2) is 4.79 Å². The first-order chi connectivity index (χ1) is 12.5. The molecule has 1 heterocycles. The normalized spacial score (nSPS) is 19.8. The summed E-state index contributed by atoms with van der Waals surface area (Å²) in [6.45, 7) is 2.00. The molecule has 0 bridgehead atoms. The Morgan fingerprint density at radius 2 is 1.65 bits per heavy atom. The average molecular weight is 409 g/mol. The van der Waals surface area contributed by atoms with Gasteiger partial charge in [-0.05, 0) is 34.9 Å². The van der Waals surface area contributed by atoms with Crippen LogP contribution in [0.5, 0.6) is 0 Å². The minimum Gasteiger partial charge on any atom is -0.319 e. The maximum atomic E-state index is 13.2. The molecule has 0 spiro atoms. The minimum atomic E-state index is -1.08. The molecule has 4 nitrogen and oxygen atoms in total. The standard InChI is InChI=1S/C21H17BrN2O2/c1-21(17-11-6-9-14-7-2-4-10-16(14)17)19(25)24(20(26)23-21)13-15-8-3-5-12-18(15)22/h2-12H,13H2,1H3,(H,23,26).